The lowest BCUT2D eigenvalue weighted by atomic mass is 10.1. The lowest BCUT2D eigenvalue weighted by Crippen LogP contribution is -2.40. The molecule has 10 nitrogen and oxygen atoms in total. The van der Waals surface area contributed by atoms with Crippen LogP contribution in [0.3, 0.4) is 0 Å². The Bertz CT molecular complexity index is 1370. The van der Waals surface area contributed by atoms with Crippen molar-refractivity contribution in [1.29, 1.82) is 0 Å². The van der Waals surface area contributed by atoms with E-state index in [1.807, 2.05) is 13.8 Å². The topological polar surface area (TPSA) is 137 Å². The fourth-order valence-electron chi connectivity index (χ4n) is 3.82. The van der Waals surface area contributed by atoms with Gasteiger partial charge >= 0.3 is 17.6 Å². The van der Waals surface area contributed by atoms with Crippen molar-refractivity contribution in [2.45, 2.75) is 45.3 Å². The second-order valence-corrected chi connectivity index (χ2v) is 8.73. The largest absolute Gasteiger partial charge is 0.459 e. The molecule has 4 rings (SSSR count). The Morgan fingerprint density at radius 3 is 2.08 bits per heavy atom. The smallest absolute Gasteiger partial charge is 0.338 e. The van der Waals surface area contributed by atoms with Gasteiger partial charge in [0.05, 0.1) is 11.1 Å². The highest BCUT2D eigenvalue weighted by Crippen LogP contribution is 2.31. The number of aliphatic hydroxyl groups is 1. The number of esters is 2. The van der Waals surface area contributed by atoms with Gasteiger partial charge in [0.25, 0.3) is 5.56 Å². The molecular formula is C26H26N2O8. The van der Waals surface area contributed by atoms with Crippen LogP contribution < -0.4 is 11.2 Å². The Morgan fingerprint density at radius 1 is 0.944 bits per heavy atom. The fourth-order valence-corrected chi connectivity index (χ4v) is 3.82. The molecule has 0 aliphatic carbocycles. The highest BCUT2D eigenvalue weighted by molar-refractivity contribution is 5.90. The maximum absolute atomic E-state index is 12.8. The van der Waals surface area contributed by atoms with Gasteiger partial charge in [-0.25, -0.2) is 14.4 Å². The molecule has 1 aromatic heterocycles. The van der Waals surface area contributed by atoms with Crippen LogP contribution in [0.5, 0.6) is 0 Å². The van der Waals surface area contributed by atoms with Gasteiger partial charge in [-0.1, -0.05) is 35.4 Å². The van der Waals surface area contributed by atoms with Crippen molar-refractivity contribution in [2.75, 3.05) is 6.61 Å². The van der Waals surface area contributed by atoms with Gasteiger partial charge in [0.1, 0.15) is 18.8 Å². The molecule has 4 atom stereocenters. The van der Waals surface area contributed by atoms with E-state index < -0.39 is 47.7 Å². The summed E-state index contributed by atoms with van der Waals surface area (Å²) < 4.78 is 17.8. The summed E-state index contributed by atoms with van der Waals surface area (Å²) in [5.41, 5.74) is 1.32. The van der Waals surface area contributed by atoms with Gasteiger partial charge < -0.3 is 19.3 Å². The molecule has 1 fully saturated rings. The number of ether oxygens (including phenoxy) is 3. The van der Waals surface area contributed by atoms with Crippen LogP contribution in [0.4, 0.5) is 0 Å². The Morgan fingerprint density at radius 2 is 1.50 bits per heavy atom. The van der Waals surface area contributed by atoms with E-state index in [0.717, 1.165) is 15.7 Å². The number of carbonyl (C=O) groups is 2. The minimum Gasteiger partial charge on any atom is -0.459 e. The van der Waals surface area contributed by atoms with E-state index in [2.05, 4.69) is 4.98 Å². The van der Waals surface area contributed by atoms with Gasteiger partial charge in [0.15, 0.2) is 12.3 Å². The van der Waals surface area contributed by atoms with Gasteiger partial charge in [0.2, 0.25) is 0 Å². The predicted molar refractivity (Wildman–Crippen MR) is 128 cm³/mol. The summed E-state index contributed by atoms with van der Waals surface area (Å²) in [6.45, 7) is 4.89. The number of benzene rings is 2. The molecule has 36 heavy (non-hydrogen) atoms. The highest BCUT2D eigenvalue weighted by atomic mass is 16.6. The van der Waals surface area contributed by atoms with Crippen molar-refractivity contribution in [3.63, 3.8) is 0 Å². The number of aromatic nitrogens is 2. The van der Waals surface area contributed by atoms with E-state index in [4.69, 9.17) is 14.2 Å². The van der Waals surface area contributed by atoms with Crippen molar-refractivity contribution in [1.82, 2.24) is 9.55 Å². The second-order valence-electron chi connectivity index (χ2n) is 8.73. The van der Waals surface area contributed by atoms with Crippen molar-refractivity contribution >= 4 is 11.9 Å². The number of aliphatic hydroxyl groups excluding tert-OH is 1. The average molecular weight is 495 g/mol. The number of rotatable bonds is 6. The third kappa shape index (κ3) is 5.29. The molecule has 0 bridgehead atoms. The summed E-state index contributed by atoms with van der Waals surface area (Å²) in [5.74, 6) is -1.35. The molecule has 0 spiro atoms. The quantitative estimate of drug-likeness (QED) is 0.495. The predicted octanol–water partition coefficient (Wildman–Crippen LogP) is 1.80. The van der Waals surface area contributed by atoms with Crippen LogP contribution >= 0.6 is 0 Å². The molecule has 1 aliphatic heterocycles. The summed E-state index contributed by atoms with van der Waals surface area (Å²) in [6, 6.07) is 13.4. The highest BCUT2D eigenvalue weighted by Gasteiger charge is 2.48. The Hall–Kier alpha value is -4.02. The normalized spacial score (nSPS) is 21.2. The van der Waals surface area contributed by atoms with Gasteiger partial charge in [-0.05, 0) is 45.0 Å². The van der Waals surface area contributed by atoms with Crippen molar-refractivity contribution in [3.05, 3.63) is 103 Å². The molecule has 10 heteroatoms. The van der Waals surface area contributed by atoms with Crippen LogP contribution in [-0.2, 0) is 14.2 Å². The number of carbonyl (C=O) groups excluding carboxylic acids is 2. The summed E-state index contributed by atoms with van der Waals surface area (Å²) >= 11 is 0. The van der Waals surface area contributed by atoms with Crippen molar-refractivity contribution in [2.24, 2.45) is 0 Å². The molecule has 1 aliphatic rings. The molecule has 0 unspecified atom stereocenters. The average Bonchev–Trinajstić information content (AvgIpc) is 3.15. The van der Waals surface area contributed by atoms with E-state index >= 15 is 0 Å². The molecule has 0 radical (unpaired) electrons. The van der Waals surface area contributed by atoms with E-state index in [-0.39, 0.29) is 17.7 Å². The minimum absolute atomic E-state index is 0.216. The van der Waals surface area contributed by atoms with Crippen molar-refractivity contribution in [3.8, 4) is 0 Å². The van der Waals surface area contributed by atoms with Gasteiger partial charge in [-0.15, -0.1) is 0 Å². The number of H-pyrrole nitrogens is 1. The SMILES string of the molecule is Cc1ccc(C(=O)OC[C@H]2O[C@@H](n3cc(C)c(=O)[nH]c3=O)[C@H](O)[C@H]2OC(=O)c2ccc(C)cc2)cc1. The van der Waals surface area contributed by atoms with Gasteiger partial charge in [0, 0.05) is 11.8 Å². The van der Waals surface area contributed by atoms with E-state index in [1.165, 1.54) is 13.1 Å². The minimum atomic E-state index is -1.49. The first kappa shape index (κ1) is 25.1. The first-order valence-corrected chi connectivity index (χ1v) is 11.3. The standard InChI is InChI=1S/C26H26N2O8/c1-14-4-8-17(9-5-14)24(31)34-13-19-21(36-25(32)18-10-6-15(2)7-11-18)20(29)23(35-19)28-12-16(3)22(30)27-26(28)33/h4-12,19-21,23,29H,13H2,1-3H3,(H,27,30,33)/t19-,20-,21+,23-/m1/s1. The fraction of sp³-hybridized carbons (Fsp3) is 0.308. The molecule has 2 heterocycles. The van der Waals surface area contributed by atoms with E-state index in [0.29, 0.717) is 5.56 Å². The van der Waals surface area contributed by atoms with Gasteiger partial charge in [-0.3, -0.25) is 14.3 Å². The second kappa shape index (κ2) is 10.3. The zero-order chi connectivity index (χ0) is 26.0. The maximum atomic E-state index is 12.8. The third-order valence-electron chi connectivity index (χ3n) is 5.93. The van der Waals surface area contributed by atoms with Crippen molar-refractivity contribution < 1.29 is 28.9 Å². The summed E-state index contributed by atoms with van der Waals surface area (Å²) in [7, 11) is 0. The van der Waals surface area contributed by atoms with Crippen LogP contribution in [0.2, 0.25) is 0 Å². The number of aromatic amines is 1. The lowest BCUT2D eigenvalue weighted by Gasteiger charge is -2.21. The number of hydrogen-bond donors (Lipinski definition) is 2. The van der Waals surface area contributed by atoms with Crippen LogP contribution in [0.25, 0.3) is 0 Å². The number of nitrogens with zero attached hydrogens (tertiary/aromatic N) is 1. The Balaban J connectivity index is 1.58. The first-order chi connectivity index (χ1) is 17.1. The Labute approximate surface area is 206 Å². The monoisotopic (exact) mass is 494 g/mol. The molecular weight excluding hydrogens is 468 g/mol. The number of nitrogens with one attached hydrogen (secondary N) is 1. The summed E-state index contributed by atoms with van der Waals surface area (Å²) in [4.78, 5) is 51.7. The molecule has 3 aromatic rings. The van der Waals surface area contributed by atoms with E-state index in [1.54, 1.807) is 48.5 Å². The molecule has 0 amide bonds. The van der Waals surface area contributed by atoms with Crippen LogP contribution in [0.1, 0.15) is 43.6 Å². The third-order valence-corrected chi connectivity index (χ3v) is 5.93. The first-order valence-electron chi connectivity index (χ1n) is 11.3. The lowest BCUT2D eigenvalue weighted by molar-refractivity contribution is -0.0614. The molecule has 0 saturated carbocycles. The Kier molecular flexibility index (Phi) is 7.18. The van der Waals surface area contributed by atoms with Crippen LogP contribution in [0, 0.1) is 20.8 Å². The number of hydrogen-bond acceptors (Lipinski definition) is 8. The maximum Gasteiger partial charge on any atom is 0.338 e. The van der Waals surface area contributed by atoms with Crippen LogP contribution in [0.15, 0.2) is 64.3 Å². The van der Waals surface area contributed by atoms with E-state index in [9.17, 15) is 24.3 Å². The summed E-state index contributed by atoms with van der Waals surface area (Å²) in [5, 5.41) is 11.0. The zero-order valence-corrected chi connectivity index (χ0v) is 20.0. The number of aryl methyl sites for hydroxylation is 3. The van der Waals surface area contributed by atoms with Crippen LogP contribution in [-0.4, -0.2) is 51.5 Å². The zero-order valence-electron chi connectivity index (χ0n) is 20.0. The molecule has 2 aromatic carbocycles. The molecule has 1 saturated heterocycles. The summed E-state index contributed by atoms with van der Waals surface area (Å²) in [6.07, 6.45) is -3.91. The molecule has 188 valence electrons. The molecule has 2 N–H and O–H groups in total. The van der Waals surface area contributed by atoms with Gasteiger partial charge in [-0.2, -0.15) is 0 Å².